The van der Waals surface area contributed by atoms with Crippen molar-refractivity contribution in [3.63, 3.8) is 0 Å². The number of alkyl halides is 2. The van der Waals surface area contributed by atoms with E-state index in [4.69, 9.17) is 17.0 Å². The van der Waals surface area contributed by atoms with Gasteiger partial charge in [-0.25, -0.2) is 14.6 Å². The number of carbonyl (C=O) groups excluding carboxylic acids is 1. The molecule has 37 heavy (non-hydrogen) atoms. The van der Waals surface area contributed by atoms with Crippen LogP contribution in [0.15, 0.2) is 64.8 Å². The molecule has 2 aromatic heterocycles. The van der Waals surface area contributed by atoms with Crippen LogP contribution < -0.4 is 20.5 Å². The van der Waals surface area contributed by atoms with Crippen LogP contribution >= 0.6 is 55.4 Å². The quantitative estimate of drug-likeness (QED) is 0.177. The van der Waals surface area contributed by atoms with Crippen molar-refractivity contribution in [3.8, 4) is 22.7 Å². The molecular weight excluding hydrogens is 642 g/mol. The van der Waals surface area contributed by atoms with Crippen molar-refractivity contribution in [1.29, 1.82) is 0 Å². The molecule has 1 fully saturated rings. The Morgan fingerprint density at radius 2 is 1.81 bits per heavy atom. The third-order valence-electron chi connectivity index (χ3n) is 6.26. The zero-order valence-electron chi connectivity index (χ0n) is 19.9. The Morgan fingerprint density at radius 3 is 2.46 bits per heavy atom. The number of benzene rings is 2. The van der Waals surface area contributed by atoms with E-state index in [0.29, 0.717) is 22.1 Å². The predicted octanol–water partition coefficient (Wildman–Crippen LogP) is 5.07. The lowest BCUT2D eigenvalue weighted by molar-refractivity contribution is -0.119. The van der Waals surface area contributed by atoms with Gasteiger partial charge in [-0.1, -0.05) is 46.3 Å². The minimum absolute atomic E-state index is 0.189. The molecule has 0 radical (unpaired) electrons. The Hall–Kier alpha value is -2.80. The third kappa shape index (κ3) is 4.25. The summed E-state index contributed by atoms with van der Waals surface area (Å²) < 4.78 is 7.40. The van der Waals surface area contributed by atoms with Crippen LogP contribution in [-0.4, -0.2) is 36.9 Å². The number of thiocarbonyl (C=S) groups is 1. The van der Waals surface area contributed by atoms with Crippen LogP contribution in [0, 0.1) is 6.92 Å². The Morgan fingerprint density at radius 1 is 1.14 bits per heavy atom. The summed E-state index contributed by atoms with van der Waals surface area (Å²) in [5.41, 5.74) is 3.14. The molecule has 1 amide bonds. The van der Waals surface area contributed by atoms with E-state index in [1.54, 1.807) is 21.9 Å². The van der Waals surface area contributed by atoms with Crippen molar-refractivity contribution in [2.45, 2.75) is 16.2 Å². The van der Waals surface area contributed by atoms with Crippen LogP contribution in [0.5, 0.6) is 5.75 Å². The standard InChI is InChI=1S/C25H21Br2N5O3S2/c1-14-19(21(33)32(30(14)2)16-7-5-4-6-8-16)18-13-37-24(28-18)31-22(34)25(27,29-23(31)36)20(26)15-9-11-17(35-3)12-10-15/h4-13,20H,1-3H3,(H,29,36). The summed E-state index contributed by atoms with van der Waals surface area (Å²) in [5, 5.41) is 5.47. The second-order valence-electron chi connectivity index (χ2n) is 8.37. The maximum atomic E-state index is 13.7. The van der Waals surface area contributed by atoms with E-state index >= 15 is 0 Å². The number of hydrogen-bond acceptors (Lipinski definition) is 6. The minimum Gasteiger partial charge on any atom is -0.497 e. The van der Waals surface area contributed by atoms with Crippen LogP contribution in [0.3, 0.4) is 0 Å². The first-order valence-electron chi connectivity index (χ1n) is 11.1. The molecule has 5 rings (SSSR count). The monoisotopic (exact) mass is 661 g/mol. The summed E-state index contributed by atoms with van der Waals surface area (Å²) in [6, 6.07) is 16.8. The topological polar surface area (TPSA) is 81.4 Å². The first kappa shape index (κ1) is 25.8. The lowest BCUT2D eigenvalue weighted by Gasteiger charge is -2.26. The van der Waals surface area contributed by atoms with Gasteiger partial charge in [0.15, 0.2) is 14.7 Å². The summed E-state index contributed by atoms with van der Waals surface area (Å²) in [6.45, 7) is 1.87. The summed E-state index contributed by atoms with van der Waals surface area (Å²) in [4.78, 5) is 32.7. The number of para-hydroxylation sites is 1. The lowest BCUT2D eigenvalue weighted by atomic mass is 10.1. The van der Waals surface area contributed by atoms with Crippen molar-refractivity contribution < 1.29 is 9.53 Å². The zero-order valence-corrected chi connectivity index (χ0v) is 24.7. The summed E-state index contributed by atoms with van der Waals surface area (Å²) >= 11 is 14.0. The summed E-state index contributed by atoms with van der Waals surface area (Å²) in [5.74, 6) is 0.398. The van der Waals surface area contributed by atoms with E-state index in [1.165, 1.54) is 16.2 Å². The highest BCUT2D eigenvalue weighted by Crippen LogP contribution is 2.45. The number of amides is 1. The number of aromatic nitrogens is 3. The molecule has 0 spiro atoms. The molecule has 1 saturated heterocycles. The molecule has 2 atom stereocenters. The van der Waals surface area contributed by atoms with Gasteiger partial charge in [-0.3, -0.25) is 14.3 Å². The molecule has 0 bridgehead atoms. The van der Waals surface area contributed by atoms with Gasteiger partial charge in [0.25, 0.3) is 11.5 Å². The number of anilines is 1. The smallest absolute Gasteiger partial charge is 0.281 e. The van der Waals surface area contributed by atoms with Gasteiger partial charge in [-0.2, -0.15) is 0 Å². The molecule has 0 saturated carbocycles. The highest BCUT2D eigenvalue weighted by Gasteiger charge is 2.54. The Kier molecular flexibility index (Phi) is 6.86. The van der Waals surface area contributed by atoms with Gasteiger partial charge in [0.05, 0.1) is 28.9 Å². The van der Waals surface area contributed by atoms with Gasteiger partial charge in [0, 0.05) is 18.1 Å². The van der Waals surface area contributed by atoms with Gasteiger partial charge in [0.2, 0.25) is 0 Å². The largest absolute Gasteiger partial charge is 0.497 e. The molecule has 1 N–H and O–H groups in total. The third-order valence-corrected chi connectivity index (χ3v) is 10.2. The number of halogens is 2. The second kappa shape index (κ2) is 9.82. The lowest BCUT2D eigenvalue weighted by Crippen LogP contribution is -2.44. The van der Waals surface area contributed by atoms with Crippen molar-refractivity contribution in [3.05, 3.63) is 81.6 Å². The number of carbonyl (C=O) groups is 1. The molecule has 190 valence electrons. The average Bonchev–Trinajstić information content (AvgIpc) is 3.52. The highest BCUT2D eigenvalue weighted by molar-refractivity contribution is 9.12. The molecule has 0 aliphatic carbocycles. The van der Waals surface area contributed by atoms with Crippen LogP contribution in [0.25, 0.3) is 16.9 Å². The van der Waals surface area contributed by atoms with Crippen LogP contribution in [0.1, 0.15) is 16.1 Å². The number of methoxy groups -OCH3 is 1. The molecule has 4 aromatic rings. The van der Waals surface area contributed by atoms with E-state index in [2.05, 4.69) is 42.2 Å². The molecule has 1 aliphatic rings. The van der Waals surface area contributed by atoms with E-state index in [1.807, 2.05) is 68.6 Å². The van der Waals surface area contributed by atoms with E-state index in [9.17, 15) is 9.59 Å². The van der Waals surface area contributed by atoms with E-state index < -0.39 is 9.28 Å². The Labute approximate surface area is 239 Å². The molecule has 2 unspecified atom stereocenters. The SMILES string of the molecule is COc1ccc(C(Br)C2(Br)NC(=S)N(c3nc(-c4c(C)n(C)n(-c5ccccc5)c4=O)cs3)C2=O)cc1. The molecule has 12 heteroatoms. The predicted molar refractivity (Wildman–Crippen MR) is 156 cm³/mol. The molecular formula is C25H21Br2N5O3S2. The highest BCUT2D eigenvalue weighted by atomic mass is 79.9. The number of rotatable bonds is 6. The average molecular weight is 663 g/mol. The first-order chi connectivity index (χ1) is 17.7. The fourth-order valence-electron chi connectivity index (χ4n) is 4.21. The van der Waals surface area contributed by atoms with Gasteiger partial charge in [-0.15, -0.1) is 11.3 Å². The fourth-order valence-corrected chi connectivity index (χ4v) is 6.80. The van der Waals surface area contributed by atoms with Crippen LogP contribution in [-0.2, 0) is 11.8 Å². The summed E-state index contributed by atoms with van der Waals surface area (Å²) in [7, 11) is 3.43. The van der Waals surface area contributed by atoms with Crippen molar-refractivity contribution >= 4 is 71.6 Å². The number of nitrogens with zero attached hydrogens (tertiary/aromatic N) is 4. The van der Waals surface area contributed by atoms with Crippen molar-refractivity contribution in [2.75, 3.05) is 12.0 Å². The van der Waals surface area contributed by atoms with Gasteiger partial charge < -0.3 is 10.1 Å². The van der Waals surface area contributed by atoms with Gasteiger partial charge in [0.1, 0.15) is 5.75 Å². The molecule has 8 nitrogen and oxygen atoms in total. The van der Waals surface area contributed by atoms with E-state index in [0.717, 1.165) is 16.9 Å². The number of ether oxygens (including phenoxy) is 1. The Bertz CT molecular complexity index is 1570. The maximum absolute atomic E-state index is 13.7. The van der Waals surface area contributed by atoms with Gasteiger partial charge in [-0.05, 0) is 64.9 Å². The first-order valence-corrected chi connectivity index (χ1v) is 14.1. The number of hydrogen-bond donors (Lipinski definition) is 1. The minimum atomic E-state index is -1.23. The van der Waals surface area contributed by atoms with Crippen LogP contribution in [0.2, 0.25) is 0 Å². The normalized spacial score (nSPS) is 18.2. The molecule has 2 aromatic carbocycles. The summed E-state index contributed by atoms with van der Waals surface area (Å²) in [6.07, 6.45) is 0. The van der Waals surface area contributed by atoms with Crippen LogP contribution in [0.4, 0.5) is 5.13 Å². The van der Waals surface area contributed by atoms with Crippen molar-refractivity contribution in [1.82, 2.24) is 19.7 Å². The van der Waals surface area contributed by atoms with E-state index in [-0.39, 0.29) is 16.6 Å². The second-order valence-corrected chi connectivity index (χ2v) is 11.8. The Balaban J connectivity index is 1.48. The fraction of sp³-hybridized carbons (Fsp3) is 0.200. The zero-order chi connectivity index (χ0) is 26.5. The number of thiazole rings is 1. The molecule has 3 heterocycles. The maximum Gasteiger partial charge on any atom is 0.281 e. The van der Waals surface area contributed by atoms with Gasteiger partial charge >= 0.3 is 0 Å². The molecule has 1 aliphatic heterocycles. The number of nitrogens with one attached hydrogen (secondary N) is 1. The van der Waals surface area contributed by atoms with Crippen molar-refractivity contribution in [2.24, 2.45) is 7.05 Å².